The van der Waals surface area contributed by atoms with Gasteiger partial charge in [-0.05, 0) is 58.8 Å². The molecule has 1 aromatic heterocycles. The van der Waals surface area contributed by atoms with Crippen LogP contribution in [0.5, 0.6) is 0 Å². The molecule has 0 saturated carbocycles. The molecule has 1 atom stereocenters. The number of aryl methyl sites for hydroxylation is 2. The van der Waals surface area contributed by atoms with E-state index in [4.69, 9.17) is 5.73 Å². The summed E-state index contributed by atoms with van der Waals surface area (Å²) in [5.41, 5.74) is 11.6. The first-order chi connectivity index (χ1) is 9.66. The van der Waals surface area contributed by atoms with E-state index in [1.807, 2.05) is 6.07 Å². The van der Waals surface area contributed by atoms with Gasteiger partial charge in [0.25, 0.3) is 5.91 Å². The quantitative estimate of drug-likeness (QED) is 0.892. The Morgan fingerprint density at radius 3 is 2.95 bits per heavy atom. The fraction of sp³-hybridized carbons (Fsp3) is 0.312. The summed E-state index contributed by atoms with van der Waals surface area (Å²) in [4.78, 5) is 12.1. The monoisotopic (exact) mass is 286 g/mol. The predicted octanol–water partition coefficient (Wildman–Crippen LogP) is 2.78. The van der Waals surface area contributed by atoms with Gasteiger partial charge in [-0.15, -0.1) is 0 Å². The maximum Gasteiger partial charge on any atom is 0.251 e. The maximum atomic E-state index is 12.1. The van der Waals surface area contributed by atoms with E-state index in [9.17, 15) is 4.79 Å². The number of nitrogens with two attached hydrogens (primary N) is 1. The van der Waals surface area contributed by atoms with E-state index in [2.05, 4.69) is 35.1 Å². The van der Waals surface area contributed by atoms with Crippen LogP contribution in [-0.4, -0.2) is 12.5 Å². The molecule has 104 valence electrons. The molecule has 1 aliphatic heterocycles. The minimum atomic E-state index is -0.164. The van der Waals surface area contributed by atoms with Crippen molar-refractivity contribution in [2.45, 2.75) is 25.8 Å². The van der Waals surface area contributed by atoms with Crippen LogP contribution < -0.4 is 11.1 Å². The molecule has 1 unspecified atom stereocenters. The van der Waals surface area contributed by atoms with Crippen molar-refractivity contribution in [2.75, 3.05) is 6.54 Å². The second-order valence-corrected chi connectivity index (χ2v) is 6.01. The van der Waals surface area contributed by atoms with E-state index in [1.54, 1.807) is 11.3 Å². The average Bonchev–Trinajstić information content (AvgIpc) is 2.79. The van der Waals surface area contributed by atoms with Gasteiger partial charge in [-0.2, -0.15) is 11.3 Å². The fourth-order valence-corrected chi connectivity index (χ4v) is 3.55. The largest absolute Gasteiger partial charge is 0.352 e. The molecule has 0 fully saturated rings. The summed E-state index contributed by atoms with van der Waals surface area (Å²) in [6.07, 6.45) is 1.94. The Kier molecular flexibility index (Phi) is 3.59. The Bertz CT molecular complexity index is 648. The molecule has 0 aliphatic carbocycles. The van der Waals surface area contributed by atoms with Crippen molar-refractivity contribution < 1.29 is 4.79 Å². The SMILES string of the molecule is Cc1cscc1C(N)c1ccc2c(c1)C(=O)NCCC2. The predicted molar refractivity (Wildman–Crippen MR) is 82.2 cm³/mol. The van der Waals surface area contributed by atoms with Gasteiger partial charge < -0.3 is 11.1 Å². The minimum absolute atomic E-state index is 0.0218. The molecule has 3 rings (SSSR count). The van der Waals surface area contributed by atoms with Crippen LogP contribution in [0.4, 0.5) is 0 Å². The van der Waals surface area contributed by atoms with Crippen molar-refractivity contribution in [3.05, 3.63) is 56.8 Å². The summed E-state index contributed by atoms with van der Waals surface area (Å²) in [5, 5.41) is 7.13. The number of nitrogens with one attached hydrogen (secondary N) is 1. The summed E-state index contributed by atoms with van der Waals surface area (Å²) in [5.74, 6) is 0.0218. The molecule has 3 nitrogen and oxygen atoms in total. The summed E-state index contributed by atoms with van der Waals surface area (Å²) in [6, 6.07) is 5.90. The van der Waals surface area contributed by atoms with Crippen molar-refractivity contribution in [3.8, 4) is 0 Å². The highest BCUT2D eigenvalue weighted by molar-refractivity contribution is 7.08. The molecule has 1 aliphatic rings. The van der Waals surface area contributed by atoms with E-state index in [1.165, 1.54) is 5.56 Å². The molecular formula is C16H18N2OS. The second kappa shape index (κ2) is 5.38. The van der Waals surface area contributed by atoms with Crippen LogP contribution in [0.3, 0.4) is 0 Å². The van der Waals surface area contributed by atoms with Gasteiger partial charge in [-0.3, -0.25) is 4.79 Å². The van der Waals surface area contributed by atoms with Crippen molar-refractivity contribution in [1.29, 1.82) is 0 Å². The number of amides is 1. The molecule has 0 radical (unpaired) electrons. The average molecular weight is 286 g/mol. The Labute approximate surface area is 122 Å². The fourth-order valence-electron chi connectivity index (χ4n) is 2.66. The van der Waals surface area contributed by atoms with Crippen LogP contribution in [0.25, 0.3) is 0 Å². The van der Waals surface area contributed by atoms with E-state index in [0.717, 1.165) is 41.6 Å². The van der Waals surface area contributed by atoms with E-state index in [-0.39, 0.29) is 11.9 Å². The Morgan fingerprint density at radius 2 is 2.20 bits per heavy atom. The third kappa shape index (κ3) is 2.37. The van der Waals surface area contributed by atoms with Gasteiger partial charge >= 0.3 is 0 Å². The maximum absolute atomic E-state index is 12.1. The van der Waals surface area contributed by atoms with Crippen LogP contribution in [0.1, 0.15) is 45.1 Å². The normalized spacial score (nSPS) is 16.2. The van der Waals surface area contributed by atoms with Gasteiger partial charge in [0.1, 0.15) is 0 Å². The Balaban J connectivity index is 2.00. The Hall–Kier alpha value is -1.65. The Morgan fingerprint density at radius 1 is 1.35 bits per heavy atom. The van der Waals surface area contributed by atoms with Gasteiger partial charge in [-0.1, -0.05) is 12.1 Å². The zero-order chi connectivity index (χ0) is 14.1. The minimum Gasteiger partial charge on any atom is -0.352 e. The number of hydrogen-bond acceptors (Lipinski definition) is 3. The van der Waals surface area contributed by atoms with Gasteiger partial charge in [0.05, 0.1) is 6.04 Å². The molecule has 1 amide bonds. The lowest BCUT2D eigenvalue weighted by atomic mass is 9.94. The molecule has 3 N–H and O–H groups in total. The van der Waals surface area contributed by atoms with E-state index in [0.29, 0.717) is 0 Å². The number of benzene rings is 1. The molecule has 0 spiro atoms. The summed E-state index contributed by atoms with van der Waals surface area (Å²) >= 11 is 1.66. The first-order valence-corrected chi connectivity index (χ1v) is 7.80. The molecular weight excluding hydrogens is 268 g/mol. The topological polar surface area (TPSA) is 55.1 Å². The standard InChI is InChI=1S/C16H18N2OS/c1-10-8-20-9-14(10)15(17)12-5-4-11-3-2-6-18-16(19)13(11)7-12/h4-5,7-9,15H,2-3,6,17H2,1H3,(H,18,19). The zero-order valence-electron chi connectivity index (χ0n) is 11.5. The summed E-state index contributed by atoms with van der Waals surface area (Å²) < 4.78 is 0. The molecule has 0 saturated heterocycles. The highest BCUT2D eigenvalue weighted by atomic mass is 32.1. The highest BCUT2D eigenvalue weighted by Gasteiger charge is 2.18. The zero-order valence-corrected chi connectivity index (χ0v) is 12.3. The first kappa shape index (κ1) is 13.3. The smallest absolute Gasteiger partial charge is 0.251 e. The second-order valence-electron chi connectivity index (χ2n) is 5.26. The molecule has 0 bridgehead atoms. The number of fused-ring (bicyclic) bond motifs is 1. The lowest BCUT2D eigenvalue weighted by Crippen LogP contribution is -2.23. The number of thiophene rings is 1. The third-order valence-corrected chi connectivity index (χ3v) is 4.76. The number of carbonyl (C=O) groups is 1. The third-order valence-electron chi connectivity index (χ3n) is 3.88. The molecule has 20 heavy (non-hydrogen) atoms. The van der Waals surface area contributed by atoms with Gasteiger partial charge in [0.15, 0.2) is 0 Å². The van der Waals surface area contributed by atoms with Gasteiger partial charge in [0, 0.05) is 12.1 Å². The van der Waals surface area contributed by atoms with Crippen molar-refractivity contribution in [1.82, 2.24) is 5.32 Å². The molecule has 2 heterocycles. The molecule has 4 heteroatoms. The number of rotatable bonds is 2. The van der Waals surface area contributed by atoms with Crippen LogP contribution >= 0.6 is 11.3 Å². The summed E-state index contributed by atoms with van der Waals surface area (Å²) in [7, 11) is 0. The van der Waals surface area contributed by atoms with E-state index < -0.39 is 0 Å². The van der Waals surface area contributed by atoms with Crippen molar-refractivity contribution >= 4 is 17.2 Å². The van der Waals surface area contributed by atoms with Crippen LogP contribution in [0, 0.1) is 6.92 Å². The molecule has 1 aromatic carbocycles. The lowest BCUT2D eigenvalue weighted by molar-refractivity contribution is 0.0956. The number of hydrogen-bond donors (Lipinski definition) is 2. The van der Waals surface area contributed by atoms with Crippen LogP contribution in [0.15, 0.2) is 29.0 Å². The van der Waals surface area contributed by atoms with Crippen molar-refractivity contribution in [2.24, 2.45) is 5.73 Å². The highest BCUT2D eigenvalue weighted by Crippen LogP contribution is 2.27. The van der Waals surface area contributed by atoms with Gasteiger partial charge in [0.2, 0.25) is 0 Å². The van der Waals surface area contributed by atoms with E-state index >= 15 is 0 Å². The van der Waals surface area contributed by atoms with Crippen LogP contribution in [0.2, 0.25) is 0 Å². The molecule has 2 aromatic rings. The van der Waals surface area contributed by atoms with Crippen LogP contribution in [-0.2, 0) is 6.42 Å². The number of carbonyl (C=O) groups excluding carboxylic acids is 1. The van der Waals surface area contributed by atoms with Crippen molar-refractivity contribution in [3.63, 3.8) is 0 Å². The first-order valence-electron chi connectivity index (χ1n) is 6.86. The summed E-state index contributed by atoms with van der Waals surface area (Å²) in [6.45, 7) is 2.82. The van der Waals surface area contributed by atoms with Gasteiger partial charge in [-0.25, -0.2) is 0 Å². The lowest BCUT2D eigenvalue weighted by Gasteiger charge is -2.14.